The molecule has 0 bridgehead atoms. The molecular weight excluding hydrogens is 286 g/mol. The molecule has 1 amide bonds. The molecule has 0 aliphatic carbocycles. The summed E-state index contributed by atoms with van der Waals surface area (Å²) < 4.78 is 5.44. The van der Waals surface area contributed by atoms with Crippen molar-refractivity contribution in [3.8, 4) is 0 Å². The lowest BCUT2D eigenvalue weighted by Gasteiger charge is -2.41. The van der Waals surface area contributed by atoms with Crippen molar-refractivity contribution in [1.29, 1.82) is 0 Å². The third-order valence-electron chi connectivity index (χ3n) is 4.06. The molecule has 1 aliphatic heterocycles. The molecule has 1 rings (SSSR count). The molecule has 1 saturated heterocycles. The number of nitrogens with zero attached hydrogens (tertiary/aromatic N) is 2. The van der Waals surface area contributed by atoms with Gasteiger partial charge < -0.3 is 15.4 Å². The minimum Gasteiger partial charge on any atom is -0.380 e. The maximum absolute atomic E-state index is 12.4. The van der Waals surface area contributed by atoms with Crippen molar-refractivity contribution in [2.45, 2.75) is 38.8 Å². The summed E-state index contributed by atoms with van der Waals surface area (Å²) in [5.41, 5.74) is 6.02. The Morgan fingerprint density at radius 1 is 1.43 bits per heavy atom. The second-order valence-corrected chi connectivity index (χ2v) is 6.45. The van der Waals surface area contributed by atoms with E-state index in [0.717, 1.165) is 58.0 Å². The highest BCUT2D eigenvalue weighted by molar-refractivity contribution is 7.98. The molecular formula is C15H31N3O2S. The Morgan fingerprint density at radius 3 is 2.81 bits per heavy atom. The van der Waals surface area contributed by atoms with E-state index in [2.05, 4.69) is 11.8 Å². The first-order valence-corrected chi connectivity index (χ1v) is 9.38. The molecule has 0 aromatic heterocycles. The Balaban J connectivity index is 2.45. The number of thioether (sulfide) groups is 1. The molecule has 2 atom stereocenters. The summed E-state index contributed by atoms with van der Waals surface area (Å²) in [6.07, 6.45) is 3.86. The van der Waals surface area contributed by atoms with Crippen molar-refractivity contribution in [1.82, 2.24) is 9.80 Å². The number of piperazine rings is 1. The summed E-state index contributed by atoms with van der Waals surface area (Å²) in [6, 6.07) is 0.0841. The van der Waals surface area contributed by atoms with Crippen molar-refractivity contribution in [3.05, 3.63) is 0 Å². The lowest BCUT2D eigenvalue weighted by molar-refractivity contribution is -0.135. The zero-order chi connectivity index (χ0) is 15.7. The molecule has 2 N–H and O–H groups in total. The number of amides is 1. The summed E-state index contributed by atoms with van der Waals surface area (Å²) in [5.74, 6) is 1.06. The summed E-state index contributed by atoms with van der Waals surface area (Å²) in [4.78, 5) is 16.8. The van der Waals surface area contributed by atoms with Crippen LogP contribution in [0.2, 0.25) is 0 Å². The lowest BCUT2D eigenvalue weighted by atomic mass is 10.1. The van der Waals surface area contributed by atoms with Crippen LogP contribution in [0.4, 0.5) is 0 Å². The van der Waals surface area contributed by atoms with E-state index in [4.69, 9.17) is 10.5 Å². The van der Waals surface area contributed by atoms with E-state index in [-0.39, 0.29) is 11.9 Å². The fourth-order valence-corrected chi connectivity index (χ4v) is 3.19. The SMILES string of the molecule is CCOCCN1CCN(C(=O)[C@@H](N)CCSC)CC1CC. The molecule has 0 aromatic rings. The normalized spacial score (nSPS) is 21.5. The monoisotopic (exact) mass is 317 g/mol. The van der Waals surface area contributed by atoms with E-state index < -0.39 is 0 Å². The van der Waals surface area contributed by atoms with Gasteiger partial charge in [0.1, 0.15) is 0 Å². The number of nitrogens with two attached hydrogens (primary N) is 1. The minimum atomic E-state index is -0.343. The van der Waals surface area contributed by atoms with Crippen LogP contribution >= 0.6 is 11.8 Å². The summed E-state index contributed by atoms with van der Waals surface area (Å²) in [5, 5.41) is 0. The van der Waals surface area contributed by atoms with Gasteiger partial charge in [-0.3, -0.25) is 9.69 Å². The van der Waals surface area contributed by atoms with Crippen LogP contribution in [-0.4, -0.2) is 79.2 Å². The third-order valence-corrected chi connectivity index (χ3v) is 4.71. The van der Waals surface area contributed by atoms with Gasteiger partial charge in [0.2, 0.25) is 5.91 Å². The van der Waals surface area contributed by atoms with E-state index in [1.54, 1.807) is 11.8 Å². The van der Waals surface area contributed by atoms with Crippen LogP contribution in [0, 0.1) is 0 Å². The number of carbonyl (C=O) groups is 1. The molecule has 1 fully saturated rings. The van der Waals surface area contributed by atoms with E-state index in [1.807, 2.05) is 18.1 Å². The topological polar surface area (TPSA) is 58.8 Å². The molecule has 1 unspecified atom stereocenters. The first-order chi connectivity index (χ1) is 10.1. The molecule has 5 nitrogen and oxygen atoms in total. The first kappa shape index (κ1) is 18.7. The van der Waals surface area contributed by atoms with E-state index in [1.165, 1.54) is 0 Å². The lowest BCUT2D eigenvalue weighted by Crippen LogP contribution is -2.58. The van der Waals surface area contributed by atoms with Crippen LogP contribution in [0.25, 0.3) is 0 Å². The van der Waals surface area contributed by atoms with Gasteiger partial charge in [0.05, 0.1) is 12.6 Å². The number of ether oxygens (including phenoxy) is 1. The molecule has 0 spiro atoms. The average molecular weight is 317 g/mol. The largest absolute Gasteiger partial charge is 0.380 e. The molecule has 0 radical (unpaired) electrons. The Bertz CT molecular complexity index is 305. The van der Waals surface area contributed by atoms with Gasteiger partial charge in [-0.05, 0) is 31.8 Å². The van der Waals surface area contributed by atoms with Crippen molar-refractivity contribution in [3.63, 3.8) is 0 Å². The highest BCUT2D eigenvalue weighted by Gasteiger charge is 2.30. The summed E-state index contributed by atoms with van der Waals surface area (Å²) >= 11 is 1.74. The standard InChI is InChI=1S/C15H31N3O2S/c1-4-13-12-18(15(19)14(16)6-11-21-3)8-7-17(13)9-10-20-5-2/h13-14H,4-12,16H2,1-3H3/t13?,14-/m0/s1. The van der Waals surface area contributed by atoms with E-state index in [9.17, 15) is 4.79 Å². The highest BCUT2D eigenvalue weighted by Crippen LogP contribution is 2.14. The van der Waals surface area contributed by atoms with Crippen molar-refractivity contribution in [2.24, 2.45) is 5.73 Å². The van der Waals surface area contributed by atoms with Crippen LogP contribution in [0.1, 0.15) is 26.7 Å². The Hall–Kier alpha value is -0.300. The quantitative estimate of drug-likeness (QED) is 0.644. The third kappa shape index (κ3) is 6.14. The Morgan fingerprint density at radius 2 is 2.19 bits per heavy atom. The van der Waals surface area contributed by atoms with Gasteiger partial charge in [0, 0.05) is 38.8 Å². The Kier molecular flexibility index (Phi) is 9.31. The second kappa shape index (κ2) is 10.4. The Labute approximate surface area is 133 Å². The van der Waals surface area contributed by atoms with Gasteiger partial charge >= 0.3 is 0 Å². The fourth-order valence-electron chi connectivity index (χ4n) is 2.70. The van der Waals surface area contributed by atoms with Gasteiger partial charge in [-0.1, -0.05) is 6.92 Å². The number of hydrogen-bond donors (Lipinski definition) is 1. The summed E-state index contributed by atoms with van der Waals surface area (Å²) in [7, 11) is 0. The van der Waals surface area contributed by atoms with Gasteiger partial charge in [0.15, 0.2) is 0 Å². The average Bonchev–Trinajstić information content (AvgIpc) is 2.52. The number of hydrogen-bond acceptors (Lipinski definition) is 5. The van der Waals surface area contributed by atoms with Crippen LogP contribution in [-0.2, 0) is 9.53 Å². The molecule has 21 heavy (non-hydrogen) atoms. The first-order valence-electron chi connectivity index (χ1n) is 7.99. The summed E-state index contributed by atoms with van der Waals surface area (Å²) in [6.45, 7) is 9.19. The fraction of sp³-hybridized carbons (Fsp3) is 0.933. The van der Waals surface area contributed by atoms with Gasteiger partial charge in [-0.15, -0.1) is 0 Å². The van der Waals surface area contributed by atoms with Crippen molar-refractivity contribution in [2.75, 3.05) is 51.4 Å². The molecule has 0 aromatic carbocycles. The molecule has 124 valence electrons. The number of carbonyl (C=O) groups excluding carboxylic acids is 1. The van der Waals surface area contributed by atoms with Crippen LogP contribution < -0.4 is 5.73 Å². The molecule has 6 heteroatoms. The predicted octanol–water partition coefficient (Wildman–Crippen LogP) is 1.03. The van der Waals surface area contributed by atoms with Crippen LogP contribution in [0.3, 0.4) is 0 Å². The van der Waals surface area contributed by atoms with Crippen molar-refractivity contribution >= 4 is 17.7 Å². The minimum absolute atomic E-state index is 0.118. The zero-order valence-electron chi connectivity index (χ0n) is 13.7. The second-order valence-electron chi connectivity index (χ2n) is 5.47. The maximum Gasteiger partial charge on any atom is 0.239 e. The molecule has 1 aliphatic rings. The smallest absolute Gasteiger partial charge is 0.239 e. The highest BCUT2D eigenvalue weighted by atomic mass is 32.2. The van der Waals surface area contributed by atoms with Crippen molar-refractivity contribution < 1.29 is 9.53 Å². The molecule has 0 saturated carbocycles. The molecule has 1 heterocycles. The van der Waals surface area contributed by atoms with E-state index >= 15 is 0 Å². The predicted molar refractivity (Wildman–Crippen MR) is 89.7 cm³/mol. The maximum atomic E-state index is 12.4. The van der Waals surface area contributed by atoms with Crippen LogP contribution in [0.5, 0.6) is 0 Å². The van der Waals surface area contributed by atoms with Gasteiger partial charge in [-0.2, -0.15) is 11.8 Å². The number of rotatable bonds is 9. The zero-order valence-corrected chi connectivity index (χ0v) is 14.5. The van der Waals surface area contributed by atoms with E-state index in [0.29, 0.717) is 6.04 Å². The van der Waals surface area contributed by atoms with Gasteiger partial charge in [0.25, 0.3) is 0 Å². The van der Waals surface area contributed by atoms with Crippen LogP contribution in [0.15, 0.2) is 0 Å². The van der Waals surface area contributed by atoms with Gasteiger partial charge in [-0.25, -0.2) is 0 Å².